The summed E-state index contributed by atoms with van der Waals surface area (Å²) in [5, 5.41) is 1.90. The number of aromatic nitrogens is 2. The Labute approximate surface area is 311 Å². The maximum absolute atomic E-state index is 16.2. The minimum atomic E-state index is -2.95. The summed E-state index contributed by atoms with van der Waals surface area (Å²) in [6.45, 7) is 8.69. The molecule has 13 heteroatoms. The van der Waals surface area contributed by atoms with E-state index in [1.807, 2.05) is 17.0 Å². The third kappa shape index (κ3) is 7.64. The summed E-state index contributed by atoms with van der Waals surface area (Å²) >= 11 is 10.7. The summed E-state index contributed by atoms with van der Waals surface area (Å²) in [7, 11) is -2.95. The lowest BCUT2D eigenvalue weighted by Gasteiger charge is -2.44. The Hall–Kier alpha value is -2.16. The van der Waals surface area contributed by atoms with Gasteiger partial charge in [-0.2, -0.15) is 0 Å². The number of fused-ring (bicyclic) bond motifs is 1. The zero-order chi connectivity index (χ0) is 35.5. The van der Waals surface area contributed by atoms with Crippen molar-refractivity contribution in [3.05, 3.63) is 81.8 Å². The van der Waals surface area contributed by atoms with Gasteiger partial charge in [0.05, 0.1) is 34.1 Å². The molecule has 3 atom stereocenters. The van der Waals surface area contributed by atoms with Crippen molar-refractivity contribution in [2.45, 2.75) is 75.1 Å². The summed E-state index contributed by atoms with van der Waals surface area (Å²) in [4.78, 5) is 11.2. The van der Waals surface area contributed by atoms with E-state index >= 15 is 8.78 Å². The van der Waals surface area contributed by atoms with Gasteiger partial charge in [-0.3, -0.25) is 0 Å². The smallest absolute Gasteiger partial charge is 0.261 e. The van der Waals surface area contributed by atoms with Crippen LogP contribution >= 0.6 is 39.3 Å². The van der Waals surface area contributed by atoms with Crippen molar-refractivity contribution in [1.29, 1.82) is 0 Å². The Morgan fingerprint density at radius 2 is 1.68 bits per heavy atom. The lowest BCUT2D eigenvalue weighted by molar-refractivity contribution is -0.191. The lowest BCUT2D eigenvalue weighted by Crippen LogP contribution is -2.67. The Kier molecular flexibility index (Phi) is 12.2. The summed E-state index contributed by atoms with van der Waals surface area (Å²) in [6, 6.07) is 20.7. The maximum atomic E-state index is 16.2. The molecule has 268 valence electrons. The van der Waals surface area contributed by atoms with E-state index in [9.17, 15) is 0 Å². The molecule has 4 aromatic rings. The normalized spacial score (nSPS) is 19.2. The standard InChI is InChI=1S/C37H43BrClF2N3O4SSi/c1-37(2,3)50(26-13-7-5-8-14-26,27-15-9-6-10-16-27)47-23-25(48-28-17-11-12-19-46-28)21-44(24-18-20-45-22-24)35-29-32(40)31(39)30(38)33(41)34(29)42-36(43-35)49-4/h5-10,13-16,24-25,28H,11-12,17-23H2,1-4H3. The van der Waals surface area contributed by atoms with Crippen molar-refractivity contribution in [2.24, 2.45) is 0 Å². The second-order valence-corrected chi connectivity index (χ2v) is 20.0. The van der Waals surface area contributed by atoms with Crippen molar-refractivity contribution in [2.75, 3.05) is 44.1 Å². The van der Waals surface area contributed by atoms with Crippen LogP contribution in [0.4, 0.5) is 14.6 Å². The van der Waals surface area contributed by atoms with Crippen LogP contribution in [0.1, 0.15) is 46.5 Å². The van der Waals surface area contributed by atoms with Crippen LogP contribution in [0.3, 0.4) is 0 Å². The van der Waals surface area contributed by atoms with Crippen molar-refractivity contribution in [1.82, 2.24) is 9.97 Å². The fourth-order valence-corrected chi connectivity index (χ4v) is 12.5. The molecule has 0 spiro atoms. The van der Waals surface area contributed by atoms with Crippen molar-refractivity contribution < 1.29 is 27.4 Å². The van der Waals surface area contributed by atoms with Crippen molar-refractivity contribution >= 4 is 74.7 Å². The molecule has 0 amide bonds. The fourth-order valence-electron chi connectivity index (χ4n) is 7.04. The molecule has 3 unspecified atom stereocenters. The number of halogens is 4. The predicted octanol–water partition coefficient (Wildman–Crippen LogP) is 8.13. The van der Waals surface area contributed by atoms with Gasteiger partial charge < -0.3 is 23.5 Å². The molecule has 3 heterocycles. The SMILES string of the molecule is CSc1nc(N(CC(CO[Si](c2ccccc2)(c2ccccc2)C(C)(C)C)OC2CCCCO2)C2CCOC2)c2c(F)c(Cl)c(Br)c(F)c2n1. The summed E-state index contributed by atoms with van der Waals surface area (Å²) in [5.41, 5.74) is -0.145. The van der Waals surface area contributed by atoms with Crippen LogP contribution in [0.25, 0.3) is 10.9 Å². The van der Waals surface area contributed by atoms with Crippen LogP contribution in [0.2, 0.25) is 10.1 Å². The van der Waals surface area contributed by atoms with Gasteiger partial charge >= 0.3 is 0 Å². The monoisotopic (exact) mass is 805 g/mol. The molecule has 7 nitrogen and oxygen atoms in total. The Balaban J connectivity index is 1.46. The number of hydrogen-bond donors (Lipinski definition) is 0. The molecule has 1 aromatic heterocycles. The van der Waals surface area contributed by atoms with E-state index in [-0.39, 0.29) is 50.4 Å². The molecular weight excluding hydrogens is 764 g/mol. The number of benzene rings is 3. The molecule has 3 aromatic carbocycles. The molecule has 2 saturated heterocycles. The van der Waals surface area contributed by atoms with Crippen molar-refractivity contribution in [3.63, 3.8) is 0 Å². The highest BCUT2D eigenvalue weighted by atomic mass is 79.9. The summed E-state index contributed by atoms with van der Waals surface area (Å²) in [5.74, 6) is -1.30. The van der Waals surface area contributed by atoms with Gasteiger partial charge in [-0.15, -0.1) is 0 Å². The second kappa shape index (κ2) is 16.2. The first-order valence-corrected chi connectivity index (χ1v) is 21.3. The van der Waals surface area contributed by atoms with Gasteiger partial charge in [-0.25, -0.2) is 18.7 Å². The molecule has 2 fully saturated rings. The van der Waals surface area contributed by atoms with E-state index in [1.165, 1.54) is 11.8 Å². The zero-order valence-corrected chi connectivity index (χ0v) is 32.9. The van der Waals surface area contributed by atoms with Crippen LogP contribution in [0, 0.1) is 11.6 Å². The number of hydrogen-bond acceptors (Lipinski definition) is 8. The first-order chi connectivity index (χ1) is 24.0. The van der Waals surface area contributed by atoms with Gasteiger partial charge in [0, 0.05) is 19.8 Å². The third-order valence-corrected chi connectivity index (χ3v) is 16.3. The number of anilines is 1. The first-order valence-electron chi connectivity index (χ1n) is 17.0. The number of rotatable bonds is 12. The molecule has 0 saturated carbocycles. The Morgan fingerprint density at radius 3 is 2.24 bits per heavy atom. The first kappa shape index (κ1) is 37.6. The minimum absolute atomic E-state index is 0.0824. The topological polar surface area (TPSA) is 65.9 Å². The van der Waals surface area contributed by atoms with Crippen LogP contribution in [0.5, 0.6) is 0 Å². The molecular formula is C37H43BrClF2N3O4SSi. The van der Waals surface area contributed by atoms with E-state index in [4.69, 9.17) is 35.2 Å². The average molecular weight is 807 g/mol. The molecule has 50 heavy (non-hydrogen) atoms. The zero-order valence-electron chi connectivity index (χ0n) is 28.8. The van der Waals surface area contributed by atoms with E-state index < -0.39 is 32.3 Å². The quantitative estimate of drug-likeness (QED) is 0.0468. The van der Waals surface area contributed by atoms with Gasteiger partial charge in [-0.05, 0) is 63.3 Å². The van der Waals surface area contributed by atoms with Crippen LogP contribution in [-0.2, 0) is 18.6 Å². The molecule has 6 rings (SSSR count). The molecule has 0 bridgehead atoms. The molecule has 0 radical (unpaired) electrons. The number of nitrogens with zero attached hydrogens (tertiary/aromatic N) is 3. The second-order valence-electron chi connectivity index (χ2n) is 13.7. The fraction of sp³-hybridized carbons (Fsp3) is 0.459. The average Bonchev–Trinajstić information content (AvgIpc) is 3.67. The highest BCUT2D eigenvalue weighted by Gasteiger charge is 2.50. The minimum Gasteiger partial charge on any atom is -0.405 e. The van der Waals surface area contributed by atoms with E-state index in [0.29, 0.717) is 31.4 Å². The number of ether oxygens (including phenoxy) is 3. The van der Waals surface area contributed by atoms with Crippen LogP contribution in [-0.4, -0.2) is 75.9 Å². The summed E-state index contributed by atoms with van der Waals surface area (Å²) < 4.78 is 57.8. The third-order valence-electron chi connectivity index (χ3n) is 9.46. The van der Waals surface area contributed by atoms with Crippen LogP contribution in [0.15, 0.2) is 70.3 Å². The van der Waals surface area contributed by atoms with E-state index in [2.05, 4.69) is 90.2 Å². The summed E-state index contributed by atoms with van der Waals surface area (Å²) in [6.07, 6.45) is 4.20. The molecule has 0 aliphatic carbocycles. The van der Waals surface area contributed by atoms with Gasteiger partial charge in [0.2, 0.25) is 0 Å². The highest BCUT2D eigenvalue weighted by molar-refractivity contribution is 9.10. The Morgan fingerprint density at radius 1 is 1.00 bits per heavy atom. The number of thioether (sulfide) groups is 1. The van der Waals surface area contributed by atoms with Gasteiger partial charge in [-0.1, -0.05) is 105 Å². The van der Waals surface area contributed by atoms with Crippen LogP contribution < -0.4 is 15.3 Å². The van der Waals surface area contributed by atoms with Crippen molar-refractivity contribution in [3.8, 4) is 0 Å². The molecule has 2 aliphatic rings. The van der Waals surface area contributed by atoms with Gasteiger partial charge in [0.1, 0.15) is 17.4 Å². The maximum Gasteiger partial charge on any atom is 0.261 e. The highest BCUT2D eigenvalue weighted by Crippen LogP contribution is 2.41. The molecule has 0 N–H and O–H groups in total. The van der Waals surface area contributed by atoms with E-state index in [1.54, 1.807) is 6.26 Å². The Bertz CT molecular complexity index is 1720. The van der Waals surface area contributed by atoms with Gasteiger partial charge in [0.25, 0.3) is 8.32 Å². The predicted molar refractivity (Wildman–Crippen MR) is 203 cm³/mol. The van der Waals surface area contributed by atoms with E-state index in [0.717, 1.165) is 29.6 Å². The largest absolute Gasteiger partial charge is 0.405 e. The lowest BCUT2D eigenvalue weighted by atomic mass is 10.1. The van der Waals surface area contributed by atoms with Gasteiger partial charge in [0.15, 0.2) is 23.1 Å². The molecule has 2 aliphatic heterocycles.